The second kappa shape index (κ2) is 10.6. The van der Waals surface area contributed by atoms with E-state index in [0.717, 1.165) is 60.6 Å². The second-order valence-corrected chi connectivity index (χ2v) is 7.89. The number of unbranched alkanes of at least 4 members (excludes halogenated alkanes) is 1. The molecule has 2 aliphatic carbocycles. The van der Waals surface area contributed by atoms with Crippen LogP contribution in [0.3, 0.4) is 0 Å². The first-order valence-electron chi connectivity index (χ1n) is 10.2. The molecule has 2 aromatic rings. The predicted molar refractivity (Wildman–Crippen MR) is 122 cm³/mol. The van der Waals surface area contributed by atoms with Gasteiger partial charge in [-0.1, -0.05) is 11.6 Å². The molecule has 0 unspecified atom stereocenters. The summed E-state index contributed by atoms with van der Waals surface area (Å²) in [6.07, 6.45) is 21.4. The molecule has 2 fully saturated rings. The smallest absolute Gasteiger partial charge is 0.0737 e. The molecule has 1 N–H and O–H groups in total. The predicted octanol–water partition coefficient (Wildman–Crippen LogP) is 5.19. The quantitative estimate of drug-likeness (QED) is 0.553. The van der Waals surface area contributed by atoms with E-state index in [1.165, 1.54) is 11.8 Å². The summed E-state index contributed by atoms with van der Waals surface area (Å²) in [7, 11) is 0. The third-order valence-electron chi connectivity index (χ3n) is 5.20. The van der Waals surface area contributed by atoms with Gasteiger partial charge in [0.1, 0.15) is 0 Å². The molecule has 4 heteroatoms. The maximum absolute atomic E-state index is 6.08. The van der Waals surface area contributed by atoms with Crippen molar-refractivity contribution >= 4 is 28.2 Å². The van der Waals surface area contributed by atoms with E-state index in [9.17, 15) is 0 Å². The van der Waals surface area contributed by atoms with Crippen LogP contribution in [0.1, 0.15) is 12.8 Å². The summed E-state index contributed by atoms with van der Waals surface area (Å²) in [5.41, 5.74) is 2.05. The van der Waals surface area contributed by atoms with Gasteiger partial charge in [0.25, 0.3) is 0 Å². The van der Waals surface area contributed by atoms with Crippen LogP contribution < -0.4 is 5.32 Å². The molecule has 0 saturated heterocycles. The van der Waals surface area contributed by atoms with Gasteiger partial charge in [-0.05, 0) is 107 Å². The highest BCUT2D eigenvalue weighted by molar-refractivity contribution is 6.31. The van der Waals surface area contributed by atoms with E-state index in [1.54, 1.807) is 0 Å². The van der Waals surface area contributed by atoms with Crippen LogP contribution in [0.25, 0.3) is 10.9 Å². The average Bonchev–Trinajstić information content (AvgIpc) is 3.41. The number of fused-ring (bicyclic) bond motifs is 1. The van der Waals surface area contributed by atoms with E-state index in [-0.39, 0.29) is 0 Å². The molecule has 3 nitrogen and oxygen atoms in total. The molecule has 0 aliphatic heterocycles. The van der Waals surface area contributed by atoms with Gasteiger partial charge in [-0.15, -0.1) is 0 Å². The molecule has 148 valence electrons. The third-order valence-corrected chi connectivity index (χ3v) is 5.43. The Balaban J connectivity index is 1.24. The van der Waals surface area contributed by atoms with Gasteiger partial charge in [0.15, 0.2) is 0 Å². The Kier molecular flexibility index (Phi) is 7.67. The van der Waals surface area contributed by atoms with Gasteiger partial charge in [0, 0.05) is 41.9 Å². The van der Waals surface area contributed by atoms with E-state index in [2.05, 4.69) is 66.6 Å². The average molecular weight is 404 g/mol. The van der Waals surface area contributed by atoms with Crippen molar-refractivity contribution in [2.45, 2.75) is 12.8 Å². The van der Waals surface area contributed by atoms with Crippen LogP contribution in [-0.4, -0.2) is 36.1 Å². The monoisotopic (exact) mass is 403 g/mol. The van der Waals surface area contributed by atoms with Crippen molar-refractivity contribution in [3.63, 3.8) is 0 Å². The fraction of sp³-hybridized carbons (Fsp3) is 0.240. The van der Waals surface area contributed by atoms with E-state index in [0.29, 0.717) is 0 Å². The number of pyridine rings is 1. The maximum atomic E-state index is 6.08. The van der Waals surface area contributed by atoms with Gasteiger partial charge in [-0.2, -0.15) is 0 Å². The number of halogens is 1. The molecule has 4 rings (SSSR count). The highest BCUT2D eigenvalue weighted by atomic mass is 35.5. The van der Waals surface area contributed by atoms with Crippen LogP contribution in [0.15, 0.2) is 30.5 Å². The molecule has 10 radical (unpaired) electrons. The zero-order valence-electron chi connectivity index (χ0n) is 16.5. The second-order valence-electron chi connectivity index (χ2n) is 7.45. The summed E-state index contributed by atoms with van der Waals surface area (Å²) < 4.78 is 0. The molecule has 0 bridgehead atoms. The van der Waals surface area contributed by atoms with E-state index in [1.807, 2.05) is 30.5 Å². The van der Waals surface area contributed by atoms with E-state index >= 15 is 0 Å². The summed E-state index contributed by atoms with van der Waals surface area (Å²) in [5.74, 6) is 2.77. The van der Waals surface area contributed by atoms with E-state index < -0.39 is 0 Å². The molecule has 0 amide bonds. The molecular formula is C25H26ClN3. The Morgan fingerprint density at radius 1 is 0.862 bits per heavy atom. The highest BCUT2D eigenvalue weighted by Gasteiger charge is 2.24. The van der Waals surface area contributed by atoms with Crippen molar-refractivity contribution < 1.29 is 0 Å². The van der Waals surface area contributed by atoms with Crippen molar-refractivity contribution in [3.05, 3.63) is 98.7 Å². The summed E-state index contributed by atoms with van der Waals surface area (Å²) >= 11 is 6.08. The van der Waals surface area contributed by atoms with Gasteiger partial charge in [-0.25, -0.2) is 0 Å². The van der Waals surface area contributed by atoms with Gasteiger partial charge >= 0.3 is 0 Å². The van der Waals surface area contributed by atoms with Crippen LogP contribution in [0.5, 0.6) is 0 Å². The number of hydrogen-bond acceptors (Lipinski definition) is 3. The van der Waals surface area contributed by atoms with Crippen LogP contribution in [0, 0.1) is 63.2 Å². The molecule has 1 heterocycles. The van der Waals surface area contributed by atoms with Crippen molar-refractivity contribution in [3.8, 4) is 0 Å². The summed E-state index contributed by atoms with van der Waals surface area (Å²) in [6, 6.07) is 7.90. The first-order valence-corrected chi connectivity index (χ1v) is 10.6. The SMILES string of the molecule is Clc1ccc2c(NCCCCN(C[C]3[CH][CH][CH][CH]3)C[C]3[CH][CH][CH][CH]3)ccnc2c1. The van der Waals surface area contributed by atoms with Gasteiger partial charge in [-0.3, -0.25) is 4.98 Å². The molecule has 1 aromatic carbocycles. The number of benzene rings is 1. The lowest BCUT2D eigenvalue weighted by Crippen LogP contribution is -2.33. The van der Waals surface area contributed by atoms with Crippen LogP contribution >= 0.6 is 11.6 Å². The van der Waals surface area contributed by atoms with Crippen molar-refractivity contribution in [1.82, 2.24) is 9.88 Å². The van der Waals surface area contributed by atoms with Crippen molar-refractivity contribution in [2.24, 2.45) is 0 Å². The van der Waals surface area contributed by atoms with Gasteiger partial charge in [0.2, 0.25) is 0 Å². The molecule has 29 heavy (non-hydrogen) atoms. The third kappa shape index (κ3) is 6.08. The fourth-order valence-electron chi connectivity index (χ4n) is 3.73. The first-order chi connectivity index (χ1) is 14.3. The molecule has 2 aliphatic rings. The number of aromatic nitrogens is 1. The first kappa shape index (κ1) is 20.9. The topological polar surface area (TPSA) is 28.2 Å². The summed E-state index contributed by atoms with van der Waals surface area (Å²) in [6.45, 7) is 4.04. The Hall–Kier alpha value is -1.32. The minimum atomic E-state index is 0.719. The Morgan fingerprint density at radius 3 is 2.24 bits per heavy atom. The zero-order chi connectivity index (χ0) is 19.9. The highest BCUT2D eigenvalue weighted by Crippen LogP contribution is 2.28. The van der Waals surface area contributed by atoms with Gasteiger partial charge in [0.05, 0.1) is 5.52 Å². The lowest BCUT2D eigenvalue weighted by atomic mass is 10.0. The number of anilines is 1. The lowest BCUT2D eigenvalue weighted by Gasteiger charge is -2.27. The number of hydrogen-bond donors (Lipinski definition) is 1. The number of rotatable bonds is 10. The van der Waals surface area contributed by atoms with E-state index in [4.69, 9.17) is 11.6 Å². The normalized spacial score (nSPS) is 18.3. The Morgan fingerprint density at radius 2 is 1.55 bits per heavy atom. The molecule has 0 spiro atoms. The van der Waals surface area contributed by atoms with Crippen LogP contribution in [0.4, 0.5) is 5.69 Å². The molecular weight excluding hydrogens is 378 g/mol. The Bertz CT molecular complexity index is 748. The van der Waals surface area contributed by atoms with Crippen molar-refractivity contribution in [1.29, 1.82) is 0 Å². The maximum Gasteiger partial charge on any atom is 0.0737 e. The minimum Gasteiger partial charge on any atom is -0.384 e. The van der Waals surface area contributed by atoms with Gasteiger partial charge < -0.3 is 10.2 Å². The summed E-state index contributed by atoms with van der Waals surface area (Å²) in [4.78, 5) is 6.95. The van der Waals surface area contributed by atoms with Crippen molar-refractivity contribution in [2.75, 3.05) is 31.5 Å². The number of nitrogens with zero attached hydrogens (tertiary/aromatic N) is 2. The molecule has 2 saturated carbocycles. The Labute approximate surface area is 181 Å². The fourth-order valence-corrected chi connectivity index (χ4v) is 3.89. The molecule has 1 aromatic heterocycles. The standard InChI is InChI=1S/C25H26ClN3/c26-22-11-12-23-24(13-15-28-25(23)17-22)27-14-5-6-16-29(18-20-7-1-2-8-20)19-21-9-3-4-10-21/h1-4,7-13,15,17H,5-6,14,16,18-19H2,(H,27,28). The van der Waals surface area contributed by atoms with Crippen LogP contribution in [0.2, 0.25) is 5.02 Å². The van der Waals surface area contributed by atoms with Crippen LogP contribution in [-0.2, 0) is 0 Å². The largest absolute Gasteiger partial charge is 0.384 e. The minimum absolute atomic E-state index is 0.719. The summed E-state index contributed by atoms with van der Waals surface area (Å²) in [5, 5.41) is 5.41. The number of nitrogens with one attached hydrogen (secondary N) is 1. The molecule has 0 atom stereocenters. The zero-order valence-corrected chi connectivity index (χ0v) is 17.3. The lowest BCUT2D eigenvalue weighted by molar-refractivity contribution is 0.298.